The van der Waals surface area contributed by atoms with E-state index in [0.29, 0.717) is 0 Å². The van der Waals surface area contributed by atoms with Crippen molar-refractivity contribution in [2.75, 3.05) is 6.61 Å². The van der Waals surface area contributed by atoms with Gasteiger partial charge in [0.05, 0.1) is 6.61 Å². The van der Waals surface area contributed by atoms with E-state index < -0.39 is 32.9 Å². The van der Waals surface area contributed by atoms with Crippen LogP contribution in [0.5, 0.6) is 0 Å². The normalized spacial score (nSPS) is 25.5. The van der Waals surface area contributed by atoms with E-state index in [9.17, 15) is 26.8 Å². The maximum absolute atomic E-state index is 12.8. The minimum absolute atomic E-state index is 0.139. The zero-order chi connectivity index (χ0) is 13.5. The minimum Gasteiger partial charge on any atom is -0.463 e. The molecule has 0 saturated carbocycles. The molecule has 1 aliphatic heterocycles. The molecule has 0 spiro atoms. The molecule has 0 aromatic heterocycles. The predicted molar refractivity (Wildman–Crippen MR) is 46.6 cm³/mol. The molecule has 1 atom stereocenters. The van der Waals surface area contributed by atoms with Crippen molar-refractivity contribution in [3.8, 4) is 0 Å². The van der Waals surface area contributed by atoms with Gasteiger partial charge in [-0.1, -0.05) is 0 Å². The second-order valence-electron chi connectivity index (χ2n) is 3.50. The lowest BCUT2D eigenvalue weighted by Gasteiger charge is -2.21. The molecule has 0 aromatic carbocycles. The van der Waals surface area contributed by atoms with Crippen molar-refractivity contribution in [1.29, 1.82) is 0 Å². The van der Waals surface area contributed by atoms with Crippen molar-refractivity contribution in [2.24, 2.45) is 0 Å². The van der Waals surface area contributed by atoms with Crippen LogP contribution in [-0.4, -0.2) is 42.4 Å². The van der Waals surface area contributed by atoms with Crippen LogP contribution in [-0.2, 0) is 29.2 Å². The van der Waals surface area contributed by atoms with Crippen LogP contribution in [0.3, 0.4) is 0 Å². The first-order chi connectivity index (χ1) is 7.51. The van der Waals surface area contributed by atoms with E-state index in [1.54, 1.807) is 0 Å². The Morgan fingerprint density at radius 1 is 1.59 bits per heavy atom. The second-order valence-corrected chi connectivity index (χ2v) is 4.96. The van der Waals surface area contributed by atoms with Gasteiger partial charge in [-0.3, -0.25) is 4.55 Å². The van der Waals surface area contributed by atoms with Crippen molar-refractivity contribution < 1.29 is 40.8 Å². The highest BCUT2D eigenvalue weighted by atomic mass is 32.2. The number of cyclic esters (lactones) is 1. The third-order valence-electron chi connectivity index (χ3n) is 2.12. The monoisotopic (exact) mass is 274 g/mol. The van der Waals surface area contributed by atoms with E-state index >= 15 is 0 Å². The summed E-state index contributed by atoms with van der Waals surface area (Å²) in [5.41, 5.74) is -1.97. The smallest absolute Gasteiger partial charge is 0.463 e. The Morgan fingerprint density at radius 3 is 2.47 bits per heavy atom. The van der Waals surface area contributed by atoms with E-state index in [4.69, 9.17) is 4.55 Å². The third kappa shape index (κ3) is 2.36. The van der Waals surface area contributed by atoms with E-state index in [1.165, 1.54) is 0 Å². The van der Waals surface area contributed by atoms with Crippen LogP contribution in [0.2, 0.25) is 0 Å². The largest absolute Gasteiger partial charge is 0.465 e. The molecule has 1 unspecified atom stereocenters. The number of alkyl halides is 2. The third-order valence-corrected chi connectivity index (χ3v) is 2.94. The Morgan fingerprint density at radius 2 is 2.12 bits per heavy atom. The number of hydrogen-bond acceptors (Lipinski definition) is 6. The van der Waals surface area contributed by atoms with Gasteiger partial charge in [-0.15, -0.1) is 0 Å². The second kappa shape index (κ2) is 3.88. The van der Waals surface area contributed by atoms with Gasteiger partial charge in [0.25, 0.3) is 0 Å². The highest BCUT2D eigenvalue weighted by molar-refractivity contribution is 7.87. The van der Waals surface area contributed by atoms with Crippen LogP contribution in [0.25, 0.3) is 0 Å². The molecule has 0 bridgehead atoms. The van der Waals surface area contributed by atoms with Gasteiger partial charge in [-0.05, 0) is 6.92 Å². The number of carbonyl (C=O) groups excluding carboxylic acids is 2. The first kappa shape index (κ1) is 13.8. The lowest BCUT2D eigenvalue weighted by molar-refractivity contribution is -0.182. The van der Waals surface area contributed by atoms with Gasteiger partial charge in [-0.2, -0.15) is 17.2 Å². The van der Waals surface area contributed by atoms with Crippen LogP contribution >= 0.6 is 0 Å². The van der Waals surface area contributed by atoms with Crippen LogP contribution in [0.1, 0.15) is 13.3 Å². The first-order valence-corrected chi connectivity index (χ1v) is 5.70. The molecule has 0 aromatic rings. The number of halogens is 2. The molecule has 1 fully saturated rings. The Balaban J connectivity index is 2.91. The summed E-state index contributed by atoms with van der Waals surface area (Å²) in [5.74, 6) is -3.58. The predicted octanol–water partition coefficient (Wildman–Crippen LogP) is -0.284. The van der Waals surface area contributed by atoms with Gasteiger partial charge in [0, 0.05) is 6.42 Å². The van der Waals surface area contributed by atoms with Gasteiger partial charge in [0.2, 0.25) is 5.60 Å². The van der Waals surface area contributed by atoms with Crippen LogP contribution in [0.15, 0.2) is 0 Å². The summed E-state index contributed by atoms with van der Waals surface area (Å²) in [6, 6.07) is 0. The maximum atomic E-state index is 12.8. The van der Waals surface area contributed by atoms with E-state index in [1.807, 2.05) is 0 Å². The summed E-state index contributed by atoms with van der Waals surface area (Å²) in [7, 11) is -5.95. The highest BCUT2D eigenvalue weighted by Crippen LogP contribution is 2.29. The van der Waals surface area contributed by atoms with Gasteiger partial charge >= 0.3 is 27.3 Å². The average Bonchev–Trinajstić information content (AvgIpc) is 2.44. The number of carbonyl (C=O) groups is 2. The number of hydrogen-bond donors (Lipinski definition) is 1. The molecular formula is C7H8F2O7S. The van der Waals surface area contributed by atoms with Gasteiger partial charge in [0.1, 0.15) is 0 Å². The summed E-state index contributed by atoms with van der Waals surface area (Å²) in [4.78, 5) is 22.0. The van der Waals surface area contributed by atoms with Gasteiger partial charge in [-0.25, -0.2) is 9.59 Å². The summed E-state index contributed by atoms with van der Waals surface area (Å²) in [5, 5.41) is -5.13. The molecule has 0 amide bonds. The number of rotatable bonds is 3. The topological polar surface area (TPSA) is 107 Å². The fraction of sp³-hybridized carbons (Fsp3) is 0.714. The van der Waals surface area contributed by atoms with Gasteiger partial charge in [0.15, 0.2) is 0 Å². The van der Waals surface area contributed by atoms with E-state index in [0.717, 1.165) is 6.92 Å². The van der Waals surface area contributed by atoms with Gasteiger partial charge < -0.3 is 9.47 Å². The van der Waals surface area contributed by atoms with Crippen molar-refractivity contribution in [1.82, 2.24) is 0 Å². The Labute approximate surface area is 94.4 Å². The average molecular weight is 274 g/mol. The molecule has 98 valence electrons. The SMILES string of the molecule is CC1(OC(=O)C(F)(F)S(=O)(=O)O)CCOC1=O. The summed E-state index contributed by atoms with van der Waals surface area (Å²) < 4.78 is 62.7. The fourth-order valence-corrected chi connectivity index (χ4v) is 1.31. The van der Waals surface area contributed by atoms with Crippen molar-refractivity contribution >= 4 is 22.1 Å². The molecule has 1 aliphatic rings. The summed E-state index contributed by atoms with van der Waals surface area (Å²) in [6.07, 6.45) is -0.181. The van der Waals surface area contributed by atoms with Crippen molar-refractivity contribution in [3.05, 3.63) is 0 Å². The zero-order valence-electron chi connectivity index (χ0n) is 8.48. The molecule has 1 heterocycles. The minimum atomic E-state index is -5.95. The molecule has 10 heteroatoms. The molecule has 1 saturated heterocycles. The molecule has 0 aliphatic carbocycles. The fourth-order valence-electron chi connectivity index (χ4n) is 1.06. The Hall–Kier alpha value is -1.29. The first-order valence-electron chi connectivity index (χ1n) is 4.26. The Kier molecular flexibility index (Phi) is 3.14. The molecule has 0 radical (unpaired) electrons. The number of esters is 2. The molecule has 7 nitrogen and oxygen atoms in total. The summed E-state index contributed by atoms with van der Waals surface area (Å²) in [6.45, 7) is 0.861. The lowest BCUT2D eigenvalue weighted by Crippen LogP contribution is -2.46. The molecule has 17 heavy (non-hydrogen) atoms. The van der Waals surface area contributed by atoms with Crippen molar-refractivity contribution in [2.45, 2.75) is 24.2 Å². The molecular weight excluding hydrogens is 266 g/mol. The standard InChI is InChI=1S/C7H8F2O7S/c1-6(2-3-15-4(6)10)16-5(11)7(8,9)17(12,13)14/h2-3H2,1H3,(H,12,13,14). The van der Waals surface area contributed by atoms with E-state index in [2.05, 4.69) is 9.47 Å². The number of ether oxygens (including phenoxy) is 2. The quantitative estimate of drug-likeness (QED) is 0.556. The molecule has 1 N–H and O–H groups in total. The zero-order valence-corrected chi connectivity index (χ0v) is 9.29. The van der Waals surface area contributed by atoms with Crippen LogP contribution in [0.4, 0.5) is 8.78 Å². The maximum Gasteiger partial charge on any atom is 0.465 e. The van der Waals surface area contributed by atoms with Crippen molar-refractivity contribution in [3.63, 3.8) is 0 Å². The summed E-state index contributed by atoms with van der Waals surface area (Å²) >= 11 is 0. The van der Waals surface area contributed by atoms with Crippen LogP contribution in [0, 0.1) is 0 Å². The molecule has 1 rings (SSSR count). The van der Waals surface area contributed by atoms with Crippen LogP contribution < -0.4 is 0 Å². The highest BCUT2D eigenvalue weighted by Gasteiger charge is 2.57. The lowest BCUT2D eigenvalue weighted by atomic mass is 10.1. The van der Waals surface area contributed by atoms with E-state index in [-0.39, 0.29) is 13.0 Å². The Bertz CT molecular complexity index is 457.